The van der Waals surface area contributed by atoms with Crippen molar-refractivity contribution in [2.75, 3.05) is 6.54 Å². The van der Waals surface area contributed by atoms with E-state index in [9.17, 15) is 23.1 Å². The Morgan fingerprint density at radius 1 is 1.33 bits per heavy atom. The number of carbonyl (C=O) groups is 1. The van der Waals surface area contributed by atoms with Crippen molar-refractivity contribution in [1.82, 2.24) is 5.32 Å². The highest BCUT2D eigenvalue weighted by molar-refractivity contribution is 5.96. The summed E-state index contributed by atoms with van der Waals surface area (Å²) in [5.74, 6) is -1.23. The number of ether oxygens (including phenoxy) is 1. The van der Waals surface area contributed by atoms with Gasteiger partial charge in [-0.3, -0.25) is 4.79 Å². The average Bonchev–Trinajstić information content (AvgIpc) is 2.80. The number of nitrogens with one attached hydrogen (secondary N) is 1. The van der Waals surface area contributed by atoms with Gasteiger partial charge in [0.25, 0.3) is 5.91 Å². The molecule has 0 unspecified atom stereocenters. The van der Waals surface area contributed by atoms with Crippen LogP contribution in [0.15, 0.2) is 24.3 Å². The summed E-state index contributed by atoms with van der Waals surface area (Å²) in [6.45, 7) is 0.236. The van der Waals surface area contributed by atoms with Gasteiger partial charge in [-0.2, -0.15) is 0 Å². The first-order valence-corrected chi connectivity index (χ1v) is 6.68. The SMILES string of the molecule is O=C(NC[C@@H]1CCC[C@H]1O)c1ccccc1OC(F)(F)F. The van der Waals surface area contributed by atoms with Crippen LogP contribution in [0.5, 0.6) is 5.75 Å². The van der Waals surface area contributed by atoms with E-state index < -0.39 is 24.1 Å². The minimum atomic E-state index is -4.85. The molecule has 1 aliphatic rings. The third kappa shape index (κ3) is 4.35. The zero-order chi connectivity index (χ0) is 15.5. The minimum Gasteiger partial charge on any atom is -0.405 e. The molecular weight excluding hydrogens is 287 g/mol. The molecule has 0 aliphatic heterocycles. The van der Waals surface area contributed by atoms with Gasteiger partial charge >= 0.3 is 6.36 Å². The van der Waals surface area contributed by atoms with Crippen LogP contribution in [0.1, 0.15) is 29.6 Å². The molecule has 1 aliphatic carbocycles. The highest BCUT2D eigenvalue weighted by Crippen LogP contribution is 2.27. The van der Waals surface area contributed by atoms with Crippen LogP contribution < -0.4 is 10.1 Å². The molecule has 1 aromatic rings. The third-order valence-electron chi connectivity index (χ3n) is 3.50. The highest BCUT2D eigenvalue weighted by Gasteiger charge is 2.33. The minimum absolute atomic E-state index is 0.0513. The topological polar surface area (TPSA) is 58.6 Å². The molecule has 2 atom stereocenters. The maximum Gasteiger partial charge on any atom is 0.573 e. The summed E-state index contributed by atoms with van der Waals surface area (Å²) in [7, 11) is 0. The van der Waals surface area contributed by atoms with Crippen LogP contribution >= 0.6 is 0 Å². The monoisotopic (exact) mass is 303 g/mol. The number of alkyl halides is 3. The van der Waals surface area contributed by atoms with Crippen molar-refractivity contribution in [3.05, 3.63) is 29.8 Å². The second kappa shape index (κ2) is 6.34. The molecule has 116 valence electrons. The van der Waals surface area contributed by atoms with E-state index in [0.29, 0.717) is 6.42 Å². The highest BCUT2D eigenvalue weighted by atomic mass is 19.4. The van der Waals surface area contributed by atoms with Gasteiger partial charge in [-0.25, -0.2) is 0 Å². The molecule has 1 saturated carbocycles. The van der Waals surface area contributed by atoms with Crippen LogP contribution in [0.25, 0.3) is 0 Å². The molecule has 1 aromatic carbocycles. The number of rotatable bonds is 4. The molecular formula is C14H16F3NO3. The first-order valence-electron chi connectivity index (χ1n) is 6.68. The summed E-state index contributed by atoms with van der Waals surface area (Å²) in [6.07, 6.45) is -2.95. The normalized spacial score (nSPS) is 22.1. The van der Waals surface area contributed by atoms with Gasteiger partial charge in [0.05, 0.1) is 11.7 Å². The van der Waals surface area contributed by atoms with Crippen molar-refractivity contribution in [3.8, 4) is 5.75 Å². The number of para-hydroxylation sites is 1. The van der Waals surface area contributed by atoms with Gasteiger partial charge in [-0.1, -0.05) is 18.6 Å². The number of amides is 1. The average molecular weight is 303 g/mol. The Labute approximate surface area is 119 Å². The van der Waals surface area contributed by atoms with Crippen molar-refractivity contribution in [2.24, 2.45) is 5.92 Å². The lowest BCUT2D eigenvalue weighted by Crippen LogP contribution is -2.33. The number of benzene rings is 1. The van der Waals surface area contributed by atoms with Gasteiger partial charge in [0.15, 0.2) is 0 Å². The number of hydrogen-bond acceptors (Lipinski definition) is 3. The van der Waals surface area contributed by atoms with E-state index in [0.717, 1.165) is 18.9 Å². The third-order valence-corrected chi connectivity index (χ3v) is 3.50. The molecule has 21 heavy (non-hydrogen) atoms. The lowest BCUT2D eigenvalue weighted by atomic mass is 10.1. The standard InChI is InChI=1S/C14H16F3NO3/c15-14(16,17)21-12-7-2-1-5-10(12)13(20)18-8-9-4-3-6-11(9)19/h1-2,5,7,9,11,19H,3-4,6,8H2,(H,18,20)/t9-,11+/m0/s1. The fraction of sp³-hybridized carbons (Fsp3) is 0.500. The van der Waals surface area contributed by atoms with Crippen molar-refractivity contribution in [1.29, 1.82) is 0 Å². The summed E-state index contributed by atoms with van der Waals surface area (Å²) in [6, 6.07) is 5.18. The molecule has 4 nitrogen and oxygen atoms in total. The first kappa shape index (κ1) is 15.6. The number of aliphatic hydroxyl groups excluding tert-OH is 1. The maximum atomic E-state index is 12.3. The van der Waals surface area contributed by atoms with Crippen LogP contribution in [-0.4, -0.2) is 30.0 Å². The van der Waals surface area contributed by atoms with Crippen LogP contribution in [0.2, 0.25) is 0 Å². The summed E-state index contributed by atoms with van der Waals surface area (Å²) in [4.78, 5) is 12.0. The fourth-order valence-electron chi connectivity index (χ4n) is 2.44. The quantitative estimate of drug-likeness (QED) is 0.898. The van der Waals surface area contributed by atoms with E-state index in [-0.39, 0.29) is 18.0 Å². The number of hydrogen-bond donors (Lipinski definition) is 2. The molecule has 0 aromatic heterocycles. The molecule has 0 heterocycles. The smallest absolute Gasteiger partial charge is 0.405 e. The largest absolute Gasteiger partial charge is 0.573 e. The molecule has 7 heteroatoms. The van der Waals surface area contributed by atoms with Crippen molar-refractivity contribution in [2.45, 2.75) is 31.7 Å². The fourth-order valence-corrected chi connectivity index (χ4v) is 2.44. The van der Waals surface area contributed by atoms with Crippen LogP contribution in [0.4, 0.5) is 13.2 Å². The summed E-state index contributed by atoms with van der Waals surface area (Å²) >= 11 is 0. The molecule has 2 rings (SSSR count). The van der Waals surface area contributed by atoms with Gasteiger partial charge < -0.3 is 15.2 Å². The van der Waals surface area contributed by atoms with E-state index in [1.54, 1.807) is 0 Å². The van der Waals surface area contributed by atoms with E-state index in [2.05, 4.69) is 10.1 Å². The Hall–Kier alpha value is -1.76. The van der Waals surface area contributed by atoms with Gasteiger partial charge in [0.1, 0.15) is 5.75 Å². The number of halogens is 3. The van der Waals surface area contributed by atoms with Crippen LogP contribution in [0.3, 0.4) is 0 Å². The summed E-state index contributed by atoms with van der Waals surface area (Å²) < 4.78 is 40.7. The second-order valence-electron chi connectivity index (χ2n) is 5.01. The predicted molar refractivity (Wildman–Crippen MR) is 68.8 cm³/mol. The molecule has 0 radical (unpaired) electrons. The summed E-state index contributed by atoms with van der Waals surface area (Å²) in [5.41, 5.74) is -0.178. The molecule has 0 spiro atoms. The Morgan fingerprint density at radius 3 is 2.67 bits per heavy atom. The van der Waals surface area contributed by atoms with Gasteiger partial charge in [0, 0.05) is 12.5 Å². The van der Waals surface area contributed by atoms with E-state index >= 15 is 0 Å². The number of carbonyl (C=O) groups excluding carboxylic acids is 1. The van der Waals surface area contributed by atoms with Gasteiger partial charge in [-0.15, -0.1) is 13.2 Å². The zero-order valence-electron chi connectivity index (χ0n) is 11.2. The molecule has 2 N–H and O–H groups in total. The van der Waals surface area contributed by atoms with Crippen LogP contribution in [0, 0.1) is 5.92 Å². The lowest BCUT2D eigenvalue weighted by Gasteiger charge is -2.16. The van der Waals surface area contributed by atoms with Gasteiger partial charge in [0.2, 0.25) is 0 Å². The second-order valence-corrected chi connectivity index (χ2v) is 5.01. The molecule has 1 amide bonds. The lowest BCUT2D eigenvalue weighted by molar-refractivity contribution is -0.274. The Balaban J connectivity index is 2.01. The van der Waals surface area contributed by atoms with E-state index in [1.165, 1.54) is 18.2 Å². The van der Waals surface area contributed by atoms with E-state index in [4.69, 9.17) is 0 Å². The Bertz CT molecular complexity index is 504. The van der Waals surface area contributed by atoms with E-state index in [1.807, 2.05) is 0 Å². The summed E-state index contributed by atoms with van der Waals surface area (Å²) in [5, 5.41) is 12.2. The Kier molecular flexibility index (Phi) is 4.72. The number of aliphatic hydroxyl groups is 1. The molecule has 0 bridgehead atoms. The Morgan fingerprint density at radius 2 is 2.05 bits per heavy atom. The van der Waals surface area contributed by atoms with Crippen LogP contribution in [-0.2, 0) is 0 Å². The van der Waals surface area contributed by atoms with Crippen molar-refractivity contribution >= 4 is 5.91 Å². The van der Waals surface area contributed by atoms with Crippen molar-refractivity contribution in [3.63, 3.8) is 0 Å². The van der Waals surface area contributed by atoms with Crippen molar-refractivity contribution < 1.29 is 27.8 Å². The molecule has 0 saturated heterocycles. The zero-order valence-corrected chi connectivity index (χ0v) is 11.2. The maximum absolute atomic E-state index is 12.3. The first-order chi connectivity index (χ1) is 9.87. The molecule has 1 fully saturated rings. The predicted octanol–water partition coefficient (Wildman–Crippen LogP) is 2.48. The van der Waals surface area contributed by atoms with Gasteiger partial charge in [-0.05, 0) is 25.0 Å².